The number of nitrogens with one attached hydrogen (secondary N) is 2. The van der Waals surface area contributed by atoms with Crippen LogP contribution in [0.2, 0.25) is 0 Å². The van der Waals surface area contributed by atoms with Crippen molar-refractivity contribution in [3.05, 3.63) is 83.7 Å². The number of halogens is 3. The van der Waals surface area contributed by atoms with Crippen molar-refractivity contribution in [3.63, 3.8) is 0 Å². The third kappa shape index (κ3) is 4.84. The highest BCUT2D eigenvalue weighted by atomic mass is 19.4. The summed E-state index contributed by atoms with van der Waals surface area (Å²) in [6, 6.07) is 15.2. The van der Waals surface area contributed by atoms with Gasteiger partial charge in [0, 0.05) is 23.3 Å². The molecule has 0 radical (unpaired) electrons. The van der Waals surface area contributed by atoms with E-state index in [-0.39, 0.29) is 11.4 Å². The summed E-state index contributed by atoms with van der Waals surface area (Å²) in [6.07, 6.45) is -3.00. The largest absolute Gasteiger partial charge is 0.416 e. The monoisotopic (exact) mass is 371 g/mol. The molecule has 0 bridgehead atoms. The number of pyridine rings is 1. The zero-order valence-electron chi connectivity index (χ0n) is 14.3. The van der Waals surface area contributed by atoms with E-state index in [1.54, 1.807) is 18.2 Å². The minimum atomic E-state index is -4.42. The van der Waals surface area contributed by atoms with Crippen molar-refractivity contribution < 1.29 is 18.0 Å². The van der Waals surface area contributed by atoms with E-state index in [0.717, 1.165) is 17.7 Å². The number of nitrogens with zero attached hydrogens (tertiary/aromatic N) is 1. The number of aryl methyl sites for hydroxylation is 1. The third-order valence-electron chi connectivity index (χ3n) is 3.78. The van der Waals surface area contributed by atoms with Crippen LogP contribution in [0.1, 0.15) is 21.6 Å². The van der Waals surface area contributed by atoms with Gasteiger partial charge >= 0.3 is 6.18 Å². The van der Waals surface area contributed by atoms with Crippen molar-refractivity contribution in [2.75, 3.05) is 10.6 Å². The van der Waals surface area contributed by atoms with Gasteiger partial charge in [-0.25, -0.2) is 0 Å². The lowest BCUT2D eigenvalue weighted by molar-refractivity contribution is -0.137. The van der Waals surface area contributed by atoms with Crippen molar-refractivity contribution >= 4 is 23.0 Å². The molecule has 0 saturated heterocycles. The second-order valence-electron chi connectivity index (χ2n) is 5.95. The molecule has 0 aliphatic carbocycles. The molecule has 27 heavy (non-hydrogen) atoms. The maximum Gasteiger partial charge on any atom is 0.416 e. The number of alkyl halides is 3. The number of hydrogen-bond acceptors (Lipinski definition) is 3. The molecule has 0 spiro atoms. The van der Waals surface area contributed by atoms with E-state index in [1.165, 1.54) is 24.4 Å². The van der Waals surface area contributed by atoms with Crippen LogP contribution < -0.4 is 10.6 Å². The second-order valence-corrected chi connectivity index (χ2v) is 5.95. The average molecular weight is 371 g/mol. The standard InChI is InChI=1S/C20H16F3N3O/c1-13-5-7-15(8-6-13)26-19(27)18-12-17(9-10-24-18)25-16-4-2-3-14(11-16)20(21,22)23/h2-12H,1H3,(H,24,25)(H,26,27). The minimum absolute atomic E-state index is 0.146. The Bertz CT molecular complexity index is 953. The summed E-state index contributed by atoms with van der Waals surface area (Å²) < 4.78 is 38.5. The van der Waals surface area contributed by atoms with E-state index in [0.29, 0.717) is 11.4 Å². The summed E-state index contributed by atoms with van der Waals surface area (Å²) in [5, 5.41) is 5.59. The van der Waals surface area contributed by atoms with E-state index in [9.17, 15) is 18.0 Å². The van der Waals surface area contributed by atoms with Crippen LogP contribution in [-0.2, 0) is 6.18 Å². The van der Waals surface area contributed by atoms with Crippen LogP contribution in [0, 0.1) is 6.92 Å². The number of anilines is 3. The zero-order chi connectivity index (χ0) is 19.4. The van der Waals surface area contributed by atoms with Gasteiger partial charge in [0.2, 0.25) is 0 Å². The van der Waals surface area contributed by atoms with Crippen LogP contribution in [-0.4, -0.2) is 10.9 Å². The molecule has 0 aliphatic rings. The maximum absolute atomic E-state index is 12.8. The second kappa shape index (κ2) is 7.49. The number of hydrogen-bond donors (Lipinski definition) is 2. The molecule has 4 nitrogen and oxygen atoms in total. The summed E-state index contributed by atoms with van der Waals surface area (Å²) in [4.78, 5) is 16.4. The fourth-order valence-corrected chi connectivity index (χ4v) is 2.40. The first-order valence-electron chi connectivity index (χ1n) is 8.09. The molecule has 7 heteroatoms. The SMILES string of the molecule is Cc1ccc(NC(=O)c2cc(Nc3cccc(C(F)(F)F)c3)ccn2)cc1. The summed E-state index contributed by atoms with van der Waals surface area (Å²) in [7, 11) is 0. The Morgan fingerprint density at radius 2 is 1.63 bits per heavy atom. The van der Waals surface area contributed by atoms with Crippen molar-refractivity contribution in [2.45, 2.75) is 13.1 Å². The van der Waals surface area contributed by atoms with Gasteiger partial charge in [-0.15, -0.1) is 0 Å². The van der Waals surface area contributed by atoms with E-state index >= 15 is 0 Å². The predicted molar refractivity (Wildman–Crippen MR) is 98.1 cm³/mol. The molecule has 0 aliphatic heterocycles. The molecule has 1 heterocycles. The predicted octanol–water partition coefficient (Wildman–Crippen LogP) is 5.40. The molecule has 3 rings (SSSR count). The number of amides is 1. The van der Waals surface area contributed by atoms with Crippen molar-refractivity contribution in [2.24, 2.45) is 0 Å². The highest BCUT2D eigenvalue weighted by Gasteiger charge is 2.30. The Kier molecular flexibility index (Phi) is 5.12. The molecule has 0 fully saturated rings. The Balaban J connectivity index is 1.75. The fourth-order valence-electron chi connectivity index (χ4n) is 2.40. The molecule has 0 saturated carbocycles. The molecular formula is C20H16F3N3O. The average Bonchev–Trinajstić information content (AvgIpc) is 2.63. The number of aromatic nitrogens is 1. The number of carbonyl (C=O) groups excluding carboxylic acids is 1. The lowest BCUT2D eigenvalue weighted by atomic mass is 10.2. The van der Waals surface area contributed by atoms with Gasteiger partial charge in [0.05, 0.1) is 5.56 Å². The quantitative estimate of drug-likeness (QED) is 0.645. The van der Waals surface area contributed by atoms with E-state index in [2.05, 4.69) is 15.6 Å². The van der Waals surface area contributed by atoms with Crippen LogP contribution in [0.5, 0.6) is 0 Å². The van der Waals surface area contributed by atoms with E-state index < -0.39 is 17.6 Å². The zero-order valence-corrected chi connectivity index (χ0v) is 14.3. The summed E-state index contributed by atoms with van der Waals surface area (Å²) in [5.41, 5.74) is 1.81. The van der Waals surface area contributed by atoms with Crippen LogP contribution in [0.3, 0.4) is 0 Å². The van der Waals surface area contributed by atoms with Crippen molar-refractivity contribution in [1.82, 2.24) is 4.98 Å². The molecule has 138 valence electrons. The maximum atomic E-state index is 12.8. The van der Waals surface area contributed by atoms with E-state index in [1.807, 2.05) is 19.1 Å². The Morgan fingerprint density at radius 1 is 0.926 bits per heavy atom. The minimum Gasteiger partial charge on any atom is -0.355 e. The Hall–Kier alpha value is -3.35. The molecule has 2 N–H and O–H groups in total. The molecule has 0 atom stereocenters. The number of rotatable bonds is 4. The first-order chi connectivity index (χ1) is 12.8. The van der Waals surface area contributed by atoms with Gasteiger partial charge in [0.15, 0.2) is 0 Å². The normalized spacial score (nSPS) is 11.1. The van der Waals surface area contributed by atoms with Crippen LogP contribution >= 0.6 is 0 Å². The van der Waals surface area contributed by atoms with E-state index in [4.69, 9.17) is 0 Å². The van der Waals surface area contributed by atoms with Gasteiger partial charge < -0.3 is 10.6 Å². The fraction of sp³-hybridized carbons (Fsp3) is 0.100. The molecule has 2 aromatic carbocycles. The van der Waals surface area contributed by atoms with Gasteiger partial charge in [0.25, 0.3) is 5.91 Å². The highest BCUT2D eigenvalue weighted by molar-refractivity contribution is 6.03. The molecule has 1 amide bonds. The molecule has 1 aromatic heterocycles. The summed E-state index contributed by atoms with van der Waals surface area (Å²) in [6.45, 7) is 1.94. The smallest absolute Gasteiger partial charge is 0.355 e. The van der Waals surface area contributed by atoms with Gasteiger partial charge in [-0.05, 0) is 49.4 Å². The van der Waals surface area contributed by atoms with Gasteiger partial charge in [-0.2, -0.15) is 13.2 Å². The van der Waals surface area contributed by atoms with Crippen LogP contribution in [0.4, 0.5) is 30.2 Å². The van der Waals surface area contributed by atoms with Gasteiger partial charge in [-0.1, -0.05) is 23.8 Å². The highest BCUT2D eigenvalue weighted by Crippen LogP contribution is 2.31. The Labute approximate surface area is 154 Å². The number of carbonyl (C=O) groups is 1. The topological polar surface area (TPSA) is 54.0 Å². The lowest BCUT2D eigenvalue weighted by Gasteiger charge is -2.11. The van der Waals surface area contributed by atoms with Crippen molar-refractivity contribution in [1.29, 1.82) is 0 Å². The third-order valence-corrected chi connectivity index (χ3v) is 3.78. The van der Waals surface area contributed by atoms with Crippen LogP contribution in [0.25, 0.3) is 0 Å². The Morgan fingerprint density at radius 3 is 2.33 bits per heavy atom. The van der Waals surface area contributed by atoms with Crippen LogP contribution in [0.15, 0.2) is 66.9 Å². The lowest BCUT2D eigenvalue weighted by Crippen LogP contribution is -2.13. The van der Waals surface area contributed by atoms with Gasteiger partial charge in [-0.3, -0.25) is 9.78 Å². The number of benzene rings is 2. The molecule has 3 aromatic rings. The molecule has 0 unspecified atom stereocenters. The summed E-state index contributed by atoms with van der Waals surface area (Å²) >= 11 is 0. The van der Waals surface area contributed by atoms with Gasteiger partial charge in [0.1, 0.15) is 5.69 Å². The summed E-state index contributed by atoms with van der Waals surface area (Å²) in [5.74, 6) is -0.411. The van der Waals surface area contributed by atoms with Crippen molar-refractivity contribution in [3.8, 4) is 0 Å². The first kappa shape index (κ1) is 18.4. The molecular weight excluding hydrogens is 355 g/mol. The first-order valence-corrected chi connectivity index (χ1v) is 8.09.